The molecule has 110 valence electrons. The highest BCUT2D eigenvalue weighted by Crippen LogP contribution is 2.26. The molecule has 7 heteroatoms. The molecule has 0 radical (unpaired) electrons. The van der Waals surface area contributed by atoms with Crippen LogP contribution in [0, 0.1) is 0 Å². The maximum Gasteiger partial charge on any atom is 0.337 e. The largest absolute Gasteiger partial charge is 0.469 e. The maximum atomic E-state index is 11.4. The number of anilines is 1. The summed E-state index contributed by atoms with van der Waals surface area (Å²) in [5.74, 6) is -1.26. The fourth-order valence-electron chi connectivity index (χ4n) is 1.65. The number of aliphatic hydroxyl groups excluding tert-OH is 2. The molecule has 2 unspecified atom stereocenters. The van der Waals surface area contributed by atoms with Crippen LogP contribution in [0.25, 0.3) is 0 Å². The second-order valence-electron chi connectivity index (χ2n) is 4.13. The minimum atomic E-state index is -1.42. The second kappa shape index (κ2) is 6.88. The molecule has 2 atom stereocenters. The average molecular weight is 283 g/mol. The lowest BCUT2D eigenvalue weighted by molar-refractivity contribution is -0.144. The fourth-order valence-corrected chi connectivity index (χ4v) is 1.65. The molecule has 7 nitrogen and oxygen atoms in total. The Morgan fingerprint density at radius 3 is 2.45 bits per heavy atom. The normalized spacial score (nSPS) is 13.4. The van der Waals surface area contributed by atoms with Crippen LogP contribution in [0.3, 0.4) is 0 Å². The van der Waals surface area contributed by atoms with Crippen LogP contribution in [0.15, 0.2) is 18.2 Å². The summed E-state index contributed by atoms with van der Waals surface area (Å²) in [4.78, 5) is 22.5. The molecule has 4 N–H and O–H groups in total. The van der Waals surface area contributed by atoms with E-state index in [0.29, 0.717) is 0 Å². The standard InChI is InChI=1S/C13H17NO6/c1-19-11(16)6-10(15)12(17)8-5-7(13(18)20-2)3-4-9(8)14/h3-5,10,12,15,17H,6,14H2,1-2H3. The van der Waals surface area contributed by atoms with Gasteiger partial charge in [-0.15, -0.1) is 0 Å². The van der Waals surface area contributed by atoms with Crippen LogP contribution < -0.4 is 5.73 Å². The van der Waals surface area contributed by atoms with E-state index in [1.165, 1.54) is 32.4 Å². The van der Waals surface area contributed by atoms with E-state index in [4.69, 9.17) is 5.73 Å². The lowest BCUT2D eigenvalue weighted by Gasteiger charge is -2.19. The Balaban J connectivity index is 2.99. The summed E-state index contributed by atoms with van der Waals surface area (Å²) in [6.45, 7) is 0. The van der Waals surface area contributed by atoms with Gasteiger partial charge in [0.2, 0.25) is 0 Å². The number of carbonyl (C=O) groups is 2. The number of esters is 2. The number of hydrogen-bond acceptors (Lipinski definition) is 7. The number of rotatable bonds is 5. The Labute approximate surface area is 115 Å². The summed E-state index contributed by atoms with van der Waals surface area (Å²) in [5.41, 5.74) is 6.21. The van der Waals surface area contributed by atoms with Crippen LogP contribution in [0.4, 0.5) is 5.69 Å². The molecule has 0 aliphatic heterocycles. The topological polar surface area (TPSA) is 119 Å². The number of nitrogens with two attached hydrogens (primary N) is 1. The van der Waals surface area contributed by atoms with Gasteiger partial charge in [-0.25, -0.2) is 4.79 Å². The summed E-state index contributed by atoms with van der Waals surface area (Å²) in [6, 6.07) is 4.16. The summed E-state index contributed by atoms with van der Waals surface area (Å²) in [7, 11) is 2.40. The Morgan fingerprint density at radius 2 is 1.90 bits per heavy atom. The Bertz CT molecular complexity index is 502. The summed E-state index contributed by atoms with van der Waals surface area (Å²) in [5, 5.41) is 19.8. The number of nitrogen functional groups attached to an aromatic ring is 1. The van der Waals surface area contributed by atoms with Gasteiger partial charge < -0.3 is 25.4 Å². The van der Waals surface area contributed by atoms with Crippen molar-refractivity contribution in [2.45, 2.75) is 18.6 Å². The molecule has 1 rings (SSSR count). The van der Waals surface area contributed by atoms with Gasteiger partial charge in [0.25, 0.3) is 0 Å². The zero-order valence-corrected chi connectivity index (χ0v) is 11.2. The molecule has 0 spiro atoms. The van der Waals surface area contributed by atoms with Crippen molar-refractivity contribution in [3.8, 4) is 0 Å². The van der Waals surface area contributed by atoms with Gasteiger partial charge in [-0.2, -0.15) is 0 Å². The predicted molar refractivity (Wildman–Crippen MR) is 69.8 cm³/mol. The van der Waals surface area contributed by atoms with Crippen molar-refractivity contribution in [2.75, 3.05) is 20.0 Å². The minimum Gasteiger partial charge on any atom is -0.469 e. The first-order valence-electron chi connectivity index (χ1n) is 5.81. The zero-order chi connectivity index (χ0) is 15.3. The van der Waals surface area contributed by atoms with Crippen LogP contribution in [-0.4, -0.2) is 42.5 Å². The van der Waals surface area contributed by atoms with Crippen molar-refractivity contribution in [1.82, 2.24) is 0 Å². The molecule has 1 aromatic rings. The van der Waals surface area contributed by atoms with Gasteiger partial charge in [-0.05, 0) is 18.2 Å². The number of carbonyl (C=O) groups excluding carboxylic acids is 2. The molecule has 0 heterocycles. The van der Waals surface area contributed by atoms with E-state index < -0.39 is 24.1 Å². The van der Waals surface area contributed by atoms with Gasteiger partial charge in [0, 0.05) is 11.3 Å². The van der Waals surface area contributed by atoms with E-state index in [-0.39, 0.29) is 23.2 Å². The lowest BCUT2D eigenvalue weighted by Crippen LogP contribution is -2.23. The number of benzene rings is 1. The van der Waals surface area contributed by atoms with Crippen molar-refractivity contribution in [3.05, 3.63) is 29.3 Å². The molecule has 0 saturated heterocycles. The van der Waals surface area contributed by atoms with Gasteiger partial charge in [-0.3, -0.25) is 4.79 Å². The van der Waals surface area contributed by atoms with Crippen molar-refractivity contribution in [1.29, 1.82) is 0 Å². The van der Waals surface area contributed by atoms with Gasteiger partial charge in [0.15, 0.2) is 0 Å². The van der Waals surface area contributed by atoms with Crippen LogP contribution in [0.5, 0.6) is 0 Å². The third-order valence-corrected chi connectivity index (χ3v) is 2.79. The highest BCUT2D eigenvalue weighted by molar-refractivity contribution is 5.90. The average Bonchev–Trinajstić information content (AvgIpc) is 2.45. The van der Waals surface area contributed by atoms with E-state index in [1.807, 2.05) is 0 Å². The van der Waals surface area contributed by atoms with Gasteiger partial charge in [-0.1, -0.05) is 0 Å². The molecule has 20 heavy (non-hydrogen) atoms. The predicted octanol–water partition coefficient (Wildman–Crippen LogP) is 0.0128. The fraction of sp³-hybridized carbons (Fsp3) is 0.385. The van der Waals surface area contributed by atoms with Crippen LogP contribution in [0.1, 0.15) is 28.4 Å². The van der Waals surface area contributed by atoms with Gasteiger partial charge in [0.1, 0.15) is 6.10 Å². The minimum absolute atomic E-state index is 0.143. The molecule has 0 fully saturated rings. The number of aliphatic hydroxyl groups is 2. The molecular formula is C13H17NO6. The van der Waals surface area contributed by atoms with E-state index >= 15 is 0 Å². The maximum absolute atomic E-state index is 11.4. The van der Waals surface area contributed by atoms with Crippen molar-refractivity contribution in [3.63, 3.8) is 0 Å². The summed E-state index contributed by atoms with van der Waals surface area (Å²) in [6.07, 6.45) is -3.20. The quantitative estimate of drug-likeness (QED) is 0.514. The highest BCUT2D eigenvalue weighted by atomic mass is 16.5. The first-order chi connectivity index (χ1) is 9.40. The third kappa shape index (κ3) is 3.69. The Morgan fingerprint density at radius 1 is 1.25 bits per heavy atom. The van der Waals surface area contributed by atoms with E-state index in [0.717, 1.165) is 0 Å². The molecule has 0 amide bonds. The monoisotopic (exact) mass is 283 g/mol. The zero-order valence-electron chi connectivity index (χ0n) is 11.2. The smallest absolute Gasteiger partial charge is 0.337 e. The number of methoxy groups -OCH3 is 2. The van der Waals surface area contributed by atoms with E-state index in [9.17, 15) is 19.8 Å². The van der Waals surface area contributed by atoms with Crippen molar-refractivity contribution >= 4 is 17.6 Å². The van der Waals surface area contributed by atoms with Crippen molar-refractivity contribution < 1.29 is 29.3 Å². The number of ether oxygens (including phenoxy) is 2. The van der Waals surface area contributed by atoms with Crippen molar-refractivity contribution in [2.24, 2.45) is 0 Å². The first kappa shape index (κ1) is 15.9. The molecule has 0 bridgehead atoms. The highest BCUT2D eigenvalue weighted by Gasteiger charge is 2.24. The van der Waals surface area contributed by atoms with Crippen LogP contribution >= 0.6 is 0 Å². The van der Waals surface area contributed by atoms with E-state index in [2.05, 4.69) is 9.47 Å². The molecule has 0 aliphatic carbocycles. The Kier molecular flexibility index (Phi) is 5.48. The molecule has 0 aromatic heterocycles. The van der Waals surface area contributed by atoms with Gasteiger partial charge >= 0.3 is 11.9 Å². The van der Waals surface area contributed by atoms with E-state index in [1.54, 1.807) is 0 Å². The van der Waals surface area contributed by atoms with Crippen LogP contribution in [0.2, 0.25) is 0 Å². The summed E-state index contributed by atoms with van der Waals surface area (Å²) >= 11 is 0. The molecule has 0 aliphatic rings. The number of hydrogen-bond donors (Lipinski definition) is 3. The van der Waals surface area contributed by atoms with Gasteiger partial charge in [0.05, 0.1) is 32.3 Å². The second-order valence-corrected chi connectivity index (χ2v) is 4.13. The summed E-state index contributed by atoms with van der Waals surface area (Å²) < 4.78 is 8.96. The SMILES string of the molecule is COC(=O)CC(O)C(O)c1cc(C(=O)OC)ccc1N. The molecule has 0 saturated carbocycles. The molecular weight excluding hydrogens is 266 g/mol. The molecule has 1 aromatic carbocycles. The third-order valence-electron chi connectivity index (χ3n) is 2.79. The first-order valence-corrected chi connectivity index (χ1v) is 5.81. The Hall–Kier alpha value is -2.12. The van der Waals surface area contributed by atoms with Crippen LogP contribution in [-0.2, 0) is 14.3 Å². The lowest BCUT2D eigenvalue weighted by atomic mass is 9.98.